The van der Waals surface area contributed by atoms with Crippen LogP contribution in [-0.4, -0.2) is 26.9 Å². The molecule has 0 bridgehead atoms. The average molecular weight is 260 g/mol. The van der Waals surface area contributed by atoms with Crippen molar-refractivity contribution in [3.63, 3.8) is 0 Å². The van der Waals surface area contributed by atoms with E-state index in [1.54, 1.807) is 0 Å². The number of rotatable bonds is 3. The Morgan fingerprint density at radius 1 is 1.41 bits per heavy atom. The topological polar surface area (TPSA) is 63.6 Å². The van der Waals surface area contributed by atoms with Crippen LogP contribution in [0.1, 0.15) is 18.4 Å². The molecule has 0 aromatic heterocycles. The van der Waals surface area contributed by atoms with Gasteiger partial charge in [-0.3, -0.25) is 0 Å². The van der Waals surface area contributed by atoms with Crippen LogP contribution in [-0.2, 0) is 15.4 Å². The van der Waals surface area contributed by atoms with Crippen LogP contribution in [0.2, 0.25) is 0 Å². The molecule has 4 nitrogen and oxygen atoms in total. The fraction of sp³-hybridized carbons (Fsp3) is 0.455. The number of methoxy groups -OCH3 is 1. The van der Waals surface area contributed by atoms with E-state index in [4.69, 9.17) is 4.74 Å². The minimum Gasteiger partial charge on any atom is -0.495 e. The summed E-state index contributed by atoms with van der Waals surface area (Å²) in [6, 6.07) is 2.03. The Morgan fingerprint density at radius 3 is 2.41 bits per heavy atom. The lowest BCUT2D eigenvalue weighted by molar-refractivity contribution is 0.146. The first-order valence-electron chi connectivity index (χ1n) is 5.08. The molecule has 1 fully saturated rings. The van der Waals surface area contributed by atoms with Crippen molar-refractivity contribution in [2.45, 2.75) is 23.3 Å². The first-order chi connectivity index (χ1) is 7.78. The number of benzene rings is 1. The van der Waals surface area contributed by atoms with Gasteiger partial charge in [0.15, 0.2) is 9.84 Å². The quantitative estimate of drug-likeness (QED) is 0.887. The summed E-state index contributed by atoms with van der Waals surface area (Å²) in [6.45, 7) is 0. The molecule has 0 spiro atoms. The standard InChI is InChI=1S/C11H13FO4S/c1-16-10-8(11(13)3-4-11)5-7(12)6-9(10)17(2,14)15/h5-6,13H,3-4H2,1-2H3. The van der Waals surface area contributed by atoms with Crippen molar-refractivity contribution >= 4 is 9.84 Å². The predicted octanol–water partition coefficient (Wildman–Crippen LogP) is 1.22. The Hall–Kier alpha value is -1.14. The van der Waals surface area contributed by atoms with E-state index < -0.39 is 21.3 Å². The lowest BCUT2D eigenvalue weighted by atomic mass is 10.1. The van der Waals surface area contributed by atoms with Gasteiger partial charge in [0.1, 0.15) is 16.5 Å². The molecule has 0 radical (unpaired) electrons. The van der Waals surface area contributed by atoms with Crippen molar-refractivity contribution in [3.8, 4) is 5.75 Å². The molecule has 1 saturated carbocycles. The van der Waals surface area contributed by atoms with Crippen LogP contribution in [0, 0.1) is 5.82 Å². The average Bonchev–Trinajstić information content (AvgIpc) is 2.95. The van der Waals surface area contributed by atoms with Crippen molar-refractivity contribution in [2.75, 3.05) is 13.4 Å². The van der Waals surface area contributed by atoms with Gasteiger partial charge in [-0.2, -0.15) is 0 Å². The molecule has 94 valence electrons. The molecular formula is C11H13FO4S. The summed E-state index contributed by atoms with van der Waals surface area (Å²) in [5.41, 5.74) is -0.937. The van der Waals surface area contributed by atoms with E-state index in [1.165, 1.54) is 7.11 Å². The fourth-order valence-corrected chi connectivity index (χ4v) is 2.64. The number of sulfone groups is 1. The monoisotopic (exact) mass is 260 g/mol. The van der Waals surface area contributed by atoms with Gasteiger partial charge < -0.3 is 9.84 Å². The number of aliphatic hydroxyl groups is 1. The van der Waals surface area contributed by atoms with Gasteiger partial charge in [-0.15, -0.1) is 0 Å². The van der Waals surface area contributed by atoms with Gasteiger partial charge >= 0.3 is 0 Å². The number of hydrogen-bond acceptors (Lipinski definition) is 4. The van der Waals surface area contributed by atoms with Crippen LogP contribution in [0.3, 0.4) is 0 Å². The SMILES string of the molecule is COc1c(C2(O)CC2)cc(F)cc1S(C)(=O)=O. The van der Waals surface area contributed by atoms with Gasteiger partial charge in [-0.1, -0.05) is 0 Å². The van der Waals surface area contributed by atoms with Gasteiger partial charge in [0.25, 0.3) is 0 Å². The highest BCUT2D eigenvalue weighted by atomic mass is 32.2. The van der Waals surface area contributed by atoms with Gasteiger partial charge in [-0.25, -0.2) is 12.8 Å². The Kier molecular flexibility index (Phi) is 2.67. The van der Waals surface area contributed by atoms with Crippen LogP contribution in [0.5, 0.6) is 5.75 Å². The van der Waals surface area contributed by atoms with Crippen molar-refractivity contribution in [3.05, 3.63) is 23.5 Å². The summed E-state index contributed by atoms with van der Waals surface area (Å²) in [6.07, 6.45) is 1.94. The Bertz CT molecular complexity index is 561. The molecule has 6 heteroatoms. The summed E-state index contributed by atoms with van der Waals surface area (Å²) in [5, 5.41) is 9.99. The summed E-state index contributed by atoms with van der Waals surface area (Å²) < 4.78 is 41.5. The van der Waals surface area contributed by atoms with Gasteiger partial charge in [0.2, 0.25) is 0 Å². The van der Waals surface area contributed by atoms with Crippen molar-refractivity contribution in [1.29, 1.82) is 0 Å². The molecule has 0 amide bonds. The zero-order chi connectivity index (χ0) is 12.8. The molecule has 0 saturated heterocycles. The number of hydrogen-bond donors (Lipinski definition) is 1. The second-order valence-corrected chi connectivity index (χ2v) is 6.27. The predicted molar refractivity (Wildman–Crippen MR) is 59.2 cm³/mol. The molecule has 0 aliphatic heterocycles. The van der Waals surface area contributed by atoms with E-state index in [9.17, 15) is 17.9 Å². The van der Waals surface area contributed by atoms with E-state index in [-0.39, 0.29) is 16.2 Å². The van der Waals surface area contributed by atoms with Gasteiger partial charge in [-0.05, 0) is 25.0 Å². The third kappa shape index (κ3) is 2.14. The molecule has 1 N–H and O–H groups in total. The van der Waals surface area contributed by atoms with E-state index in [2.05, 4.69) is 0 Å². The second-order valence-electron chi connectivity index (χ2n) is 4.29. The van der Waals surface area contributed by atoms with E-state index in [0.29, 0.717) is 12.8 Å². The molecular weight excluding hydrogens is 247 g/mol. The van der Waals surface area contributed by atoms with Crippen LogP contribution in [0.15, 0.2) is 17.0 Å². The molecule has 0 unspecified atom stereocenters. The third-order valence-electron chi connectivity index (χ3n) is 2.85. The zero-order valence-corrected chi connectivity index (χ0v) is 10.3. The molecule has 1 aliphatic carbocycles. The number of halogens is 1. The summed E-state index contributed by atoms with van der Waals surface area (Å²) in [4.78, 5) is -0.227. The van der Waals surface area contributed by atoms with Crippen LogP contribution >= 0.6 is 0 Å². The first-order valence-corrected chi connectivity index (χ1v) is 6.97. The van der Waals surface area contributed by atoms with Crippen molar-refractivity contribution < 1.29 is 22.7 Å². The highest BCUT2D eigenvalue weighted by Crippen LogP contribution is 2.50. The maximum absolute atomic E-state index is 13.4. The van der Waals surface area contributed by atoms with Crippen molar-refractivity contribution in [2.24, 2.45) is 0 Å². The summed E-state index contributed by atoms with van der Waals surface area (Å²) in [5.74, 6) is -0.657. The smallest absolute Gasteiger partial charge is 0.179 e. The first kappa shape index (κ1) is 12.3. The lowest BCUT2D eigenvalue weighted by Crippen LogP contribution is -2.11. The third-order valence-corrected chi connectivity index (χ3v) is 3.95. The summed E-state index contributed by atoms with van der Waals surface area (Å²) >= 11 is 0. The fourth-order valence-electron chi connectivity index (χ4n) is 1.79. The normalized spacial score (nSPS) is 17.9. The Morgan fingerprint density at radius 2 is 2.00 bits per heavy atom. The maximum Gasteiger partial charge on any atom is 0.179 e. The largest absolute Gasteiger partial charge is 0.495 e. The second kappa shape index (κ2) is 3.68. The molecule has 1 aliphatic rings. The number of ether oxygens (including phenoxy) is 1. The molecule has 1 aromatic carbocycles. The minimum absolute atomic E-state index is 0.0360. The summed E-state index contributed by atoms with van der Waals surface area (Å²) in [7, 11) is -2.30. The highest BCUT2D eigenvalue weighted by Gasteiger charge is 2.45. The van der Waals surface area contributed by atoms with E-state index >= 15 is 0 Å². The lowest BCUT2D eigenvalue weighted by Gasteiger charge is -2.16. The molecule has 2 rings (SSSR count). The highest BCUT2D eigenvalue weighted by molar-refractivity contribution is 7.90. The molecule has 0 heterocycles. The van der Waals surface area contributed by atoms with Crippen molar-refractivity contribution in [1.82, 2.24) is 0 Å². The molecule has 0 atom stereocenters. The van der Waals surface area contributed by atoms with E-state index in [1.807, 2.05) is 0 Å². The van der Waals surface area contributed by atoms with Gasteiger partial charge in [0.05, 0.1) is 12.7 Å². The molecule has 17 heavy (non-hydrogen) atoms. The molecule has 1 aromatic rings. The van der Waals surface area contributed by atoms with Crippen LogP contribution in [0.25, 0.3) is 0 Å². The zero-order valence-electron chi connectivity index (χ0n) is 9.53. The Labute approximate surface area is 98.9 Å². The minimum atomic E-state index is -3.60. The van der Waals surface area contributed by atoms with E-state index in [0.717, 1.165) is 18.4 Å². The Balaban J connectivity index is 2.73. The maximum atomic E-state index is 13.4. The van der Waals surface area contributed by atoms with Crippen LogP contribution in [0.4, 0.5) is 4.39 Å². The van der Waals surface area contributed by atoms with Crippen LogP contribution < -0.4 is 4.74 Å². The van der Waals surface area contributed by atoms with Gasteiger partial charge in [0, 0.05) is 11.8 Å².